The van der Waals surface area contributed by atoms with Crippen LogP contribution in [0, 0.1) is 13.8 Å². The van der Waals surface area contributed by atoms with E-state index < -0.39 is 0 Å². The number of nitrogens with one attached hydrogen (secondary N) is 2. The van der Waals surface area contributed by atoms with Crippen LogP contribution in [0.2, 0.25) is 0 Å². The smallest absolute Gasteiger partial charge is 0.270 e. The van der Waals surface area contributed by atoms with Gasteiger partial charge in [-0.3, -0.25) is 9.59 Å². The standard InChI is InChI=1S/C21H25N5O6/c1-11-13(3-4-20(28)23-11)7-22-21(29)17-5-15(24-12(2)25-17)16-6-18(32-26-16)19-10-30-14(8-27)9-31-19/h3-5,14,18-19,27H,6-10H2,1-2H3,(H,22,29)(H,23,28)/t14-,18+,19-/m1/s1. The van der Waals surface area contributed by atoms with Crippen LogP contribution in [0.5, 0.6) is 0 Å². The number of aromatic amines is 1. The number of aliphatic hydroxyl groups excluding tert-OH is 1. The van der Waals surface area contributed by atoms with E-state index in [0.29, 0.717) is 42.6 Å². The molecule has 0 bridgehead atoms. The topological polar surface area (TPSA) is 148 Å². The number of rotatable bonds is 6. The van der Waals surface area contributed by atoms with E-state index >= 15 is 0 Å². The summed E-state index contributed by atoms with van der Waals surface area (Å²) in [6.45, 7) is 4.23. The number of H-pyrrole nitrogens is 1. The average molecular weight is 443 g/mol. The Balaban J connectivity index is 1.40. The maximum absolute atomic E-state index is 12.7. The van der Waals surface area contributed by atoms with Crippen LogP contribution >= 0.6 is 0 Å². The van der Waals surface area contributed by atoms with E-state index in [1.165, 1.54) is 6.07 Å². The third kappa shape index (κ3) is 5.01. The minimum atomic E-state index is -0.363. The number of aliphatic hydroxyl groups is 1. The highest BCUT2D eigenvalue weighted by Crippen LogP contribution is 2.23. The molecule has 0 aromatic carbocycles. The molecule has 1 saturated heterocycles. The molecule has 3 N–H and O–H groups in total. The molecule has 11 nitrogen and oxygen atoms in total. The van der Waals surface area contributed by atoms with Gasteiger partial charge in [0.1, 0.15) is 29.4 Å². The van der Waals surface area contributed by atoms with Gasteiger partial charge in [-0.2, -0.15) is 0 Å². The molecular weight excluding hydrogens is 418 g/mol. The van der Waals surface area contributed by atoms with Crippen molar-refractivity contribution in [2.75, 3.05) is 19.8 Å². The van der Waals surface area contributed by atoms with E-state index in [2.05, 4.69) is 25.4 Å². The van der Waals surface area contributed by atoms with Gasteiger partial charge in [-0.1, -0.05) is 11.2 Å². The molecule has 170 valence electrons. The molecule has 32 heavy (non-hydrogen) atoms. The molecule has 3 atom stereocenters. The fourth-order valence-corrected chi connectivity index (χ4v) is 3.52. The molecule has 1 fully saturated rings. The Morgan fingerprint density at radius 3 is 2.78 bits per heavy atom. The molecule has 4 rings (SSSR count). The van der Waals surface area contributed by atoms with Gasteiger partial charge in [-0.05, 0) is 25.5 Å². The van der Waals surface area contributed by atoms with Crippen LogP contribution in [0.15, 0.2) is 28.1 Å². The van der Waals surface area contributed by atoms with E-state index in [1.54, 1.807) is 26.0 Å². The van der Waals surface area contributed by atoms with Crippen molar-refractivity contribution in [1.82, 2.24) is 20.3 Å². The van der Waals surface area contributed by atoms with Crippen LogP contribution < -0.4 is 10.9 Å². The third-order valence-electron chi connectivity index (χ3n) is 5.34. The van der Waals surface area contributed by atoms with Crippen LogP contribution in [0.4, 0.5) is 0 Å². The zero-order valence-corrected chi connectivity index (χ0v) is 17.8. The number of amides is 1. The normalized spacial score (nSPS) is 22.8. The summed E-state index contributed by atoms with van der Waals surface area (Å²) in [4.78, 5) is 40.9. The lowest BCUT2D eigenvalue weighted by atomic mass is 10.0. The number of nitrogens with zero attached hydrogens (tertiary/aromatic N) is 3. The predicted molar refractivity (Wildman–Crippen MR) is 112 cm³/mol. The molecule has 2 aromatic rings. The molecule has 2 aliphatic rings. The number of ether oxygens (including phenoxy) is 2. The molecule has 4 heterocycles. The first-order valence-electron chi connectivity index (χ1n) is 10.3. The first-order chi connectivity index (χ1) is 15.4. The first kappa shape index (κ1) is 22.1. The maximum atomic E-state index is 12.7. The lowest BCUT2D eigenvalue weighted by Crippen LogP contribution is -2.43. The Hall–Kier alpha value is -3.15. The zero-order chi connectivity index (χ0) is 22.7. The summed E-state index contributed by atoms with van der Waals surface area (Å²) in [5.41, 5.74) is 2.63. The monoisotopic (exact) mass is 443 g/mol. The Labute approximate surface area is 183 Å². The fraction of sp³-hybridized carbons (Fsp3) is 0.476. The second-order valence-corrected chi connectivity index (χ2v) is 7.74. The van der Waals surface area contributed by atoms with Crippen molar-refractivity contribution in [3.8, 4) is 0 Å². The molecule has 11 heteroatoms. The number of hydrogen-bond acceptors (Lipinski definition) is 9. The van der Waals surface area contributed by atoms with Crippen LogP contribution in [-0.4, -0.2) is 69.8 Å². The second kappa shape index (κ2) is 9.55. The molecule has 0 spiro atoms. The van der Waals surface area contributed by atoms with Crippen LogP contribution in [0.3, 0.4) is 0 Å². The first-order valence-corrected chi connectivity index (χ1v) is 10.3. The van der Waals surface area contributed by atoms with E-state index in [1.807, 2.05) is 0 Å². The number of aryl methyl sites for hydroxylation is 2. The molecule has 0 radical (unpaired) electrons. The number of carbonyl (C=O) groups is 1. The summed E-state index contributed by atoms with van der Waals surface area (Å²) in [5.74, 6) is 0.0690. The van der Waals surface area contributed by atoms with Gasteiger partial charge in [-0.15, -0.1) is 0 Å². The highest BCUT2D eigenvalue weighted by molar-refractivity contribution is 6.02. The van der Waals surface area contributed by atoms with E-state index in [0.717, 1.165) is 5.56 Å². The lowest BCUT2D eigenvalue weighted by Gasteiger charge is -2.30. The summed E-state index contributed by atoms with van der Waals surface area (Å²) < 4.78 is 11.3. The molecule has 0 aliphatic carbocycles. The van der Waals surface area contributed by atoms with Gasteiger partial charge in [0.2, 0.25) is 5.56 Å². The number of hydrogen-bond donors (Lipinski definition) is 3. The van der Waals surface area contributed by atoms with Gasteiger partial charge in [0.05, 0.1) is 25.5 Å². The summed E-state index contributed by atoms with van der Waals surface area (Å²) in [6.07, 6.45) is -0.504. The number of aromatic nitrogens is 3. The zero-order valence-electron chi connectivity index (χ0n) is 17.8. The van der Waals surface area contributed by atoms with Crippen molar-refractivity contribution in [2.24, 2.45) is 5.16 Å². The summed E-state index contributed by atoms with van der Waals surface area (Å²) in [6, 6.07) is 4.67. The predicted octanol–water partition coefficient (Wildman–Crippen LogP) is -0.0190. The van der Waals surface area contributed by atoms with Gasteiger partial charge in [0, 0.05) is 24.7 Å². The number of carbonyl (C=O) groups excluding carboxylic acids is 1. The molecule has 2 aromatic heterocycles. The minimum Gasteiger partial charge on any atom is -0.394 e. The minimum absolute atomic E-state index is 0.0905. The fourth-order valence-electron chi connectivity index (χ4n) is 3.52. The maximum Gasteiger partial charge on any atom is 0.270 e. The molecule has 0 unspecified atom stereocenters. The Morgan fingerprint density at radius 2 is 2.06 bits per heavy atom. The largest absolute Gasteiger partial charge is 0.394 e. The Kier molecular flexibility index (Phi) is 6.58. The van der Waals surface area contributed by atoms with Crippen molar-refractivity contribution < 1.29 is 24.2 Å². The van der Waals surface area contributed by atoms with Crippen molar-refractivity contribution in [2.45, 2.75) is 45.1 Å². The molecule has 0 saturated carbocycles. The quantitative estimate of drug-likeness (QED) is 0.564. The van der Waals surface area contributed by atoms with Crippen molar-refractivity contribution >= 4 is 11.6 Å². The summed E-state index contributed by atoms with van der Waals surface area (Å²) >= 11 is 0. The van der Waals surface area contributed by atoms with Gasteiger partial charge in [-0.25, -0.2) is 9.97 Å². The second-order valence-electron chi connectivity index (χ2n) is 7.74. The summed E-state index contributed by atoms with van der Waals surface area (Å²) in [5, 5.41) is 16.1. The average Bonchev–Trinajstić information content (AvgIpc) is 3.28. The van der Waals surface area contributed by atoms with Crippen LogP contribution in [-0.2, 0) is 20.9 Å². The van der Waals surface area contributed by atoms with Crippen molar-refractivity contribution in [3.05, 3.63) is 57.0 Å². The third-order valence-corrected chi connectivity index (χ3v) is 5.34. The Bertz CT molecular complexity index is 1080. The van der Waals surface area contributed by atoms with Crippen LogP contribution in [0.1, 0.15) is 39.7 Å². The highest BCUT2D eigenvalue weighted by Gasteiger charge is 2.35. The van der Waals surface area contributed by atoms with Gasteiger partial charge >= 0.3 is 0 Å². The highest BCUT2D eigenvalue weighted by atomic mass is 16.7. The van der Waals surface area contributed by atoms with Gasteiger partial charge < -0.3 is 29.7 Å². The lowest BCUT2D eigenvalue weighted by molar-refractivity contribution is -0.178. The molecular formula is C21H25N5O6. The summed E-state index contributed by atoms with van der Waals surface area (Å²) in [7, 11) is 0. The number of pyridine rings is 1. The van der Waals surface area contributed by atoms with Gasteiger partial charge in [0.15, 0.2) is 6.10 Å². The van der Waals surface area contributed by atoms with Crippen molar-refractivity contribution in [1.29, 1.82) is 0 Å². The number of oxime groups is 1. The van der Waals surface area contributed by atoms with E-state index in [-0.39, 0.29) is 48.6 Å². The SMILES string of the molecule is Cc1nc(C(=O)NCc2ccc(=O)[nH]c2C)cc(C2=NO[C@H]([C@H]3CO[C@H](CO)CO3)C2)n1. The molecule has 1 amide bonds. The molecule has 2 aliphatic heterocycles. The van der Waals surface area contributed by atoms with Gasteiger partial charge in [0.25, 0.3) is 5.91 Å². The Morgan fingerprint density at radius 1 is 1.22 bits per heavy atom. The van der Waals surface area contributed by atoms with Crippen LogP contribution in [0.25, 0.3) is 0 Å². The van der Waals surface area contributed by atoms with E-state index in [4.69, 9.17) is 19.4 Å². The van der Waals surface area contributed by atoms with Crippen molar-refractivity contribution in [3.63, 3.8) is 0 Å². The van der Waals surface area contributed by atoms with E-state index in [9.17, 15) is 9.59 Å².